The third kappa shape index (κ3) is 2.86. The number of carbonyl (C=O) groups is 1. The molecule has 1 fully saturated rings. The van der Waals surface area contributed by atoms with Crippen LogP contribution in [-0.2, 0) is 16.0 Å². The summed E-state index contributed by atoms with van der Waals surface area (Å²) in [5.74, 6) is 0. The van der Waals surface area contributed by atoms with E-state index >= 15 is 0 Å². The quantitative estimate of drug-likeness (QED) is 0.734. The lowest BCUT2D eigenvalue weighted by atomic mass is 10.1. The predicted molar refractivity (Wildman–Crippen MR) is 84.1 cm³/mol. The van der Waals surface area contributed by atoms with Crippen LogP contribution in [0.1, 0.15) is 11.3 Å². The molecule has 8 heteroatoms. The second-order valence-electron chi connectivity index (χ2n) is 4.97. The number of rotatable bonds is 1. The van der Waals surface area contributed by atoms with Crippen molar-refractivity contribution in [3.8, 4) is 0 Å². The Morgan fingerprint density at radius 1 is 1.36 bits per heavy atom. The highest BCUT2D eigenvalue weighted by Crippen LogP contribution is 2.36. The molecule has 0 N–H and O–H groups in total. The number of carbonyl (C=O) groups excluding carboxylic acids is 1. The van der Waals surface area contributed by atoms with Crippen LogP contribution in [0.5, 0.6) is 0 Å². The van der Waals surface area contributed by atoms with Crippen LogP contribution in [0, 0.1) is 0 Å². The van der Waals surface area contributed by atoms with E-state index in [1.165, 1.54) is 18.2 Å². The fourth-order valence-electron chi connectivity index (χ4n) is 2.62. The molecule has 0 spiro atoms. The summed E-state index contributed by atoms with van der Waals surface area (Å²) in [6.45, 7) is 3.16. The average Bonchev–Trinajstić information content (AvgIpc) is 2.54. The number of morpholine rings is 1. The number of hydrogen-bond acceptors (Lipinski definition) is 5. The van der Waals surface area contributed by atoms with Crippen LogP contribution in [0.3, 0.4) is 0 Å². The maximum atomic E-state index is 11.8. The summed E-state index contributed by atoms with van der Waals surface area (Å²) < 4.78 is 10.1. The Morgan fingerprint density at radius 3 is 2.77 bits per heavy atom. The zero-order chi connectivity index (χ0) is 15.7. The maximum Gasteiger partial charge on any atom is 0.413 e. The van der Waals surface area contributed by atoms with Gasteiger partial charge in [0.05, 0.1) is 37.6 Å². The van der Waals surface area contributed by atoms with Crippen molar-refractivity contribution in [1.29, 1.82) is 0 Å². The van der Waals surface area contributed by atoms with Crippen molar-refractivity contribution in [1.82, 2.24) is 9.88 Å². The molecular weight excluding hydrogens is 329 g/mol. The maximum absolute atomic E-state index is 11.8. The number of ether oxygens (including phenoxy) is 2. The first-order valence-electron chi connectivity index (χ1n) is 6.84. The number of nitrogens with zero attached hydrogens (tertiary/aromatic N) is 3. The molecule has 1 amide bonds. The van der Waals surface area contributed by atoms with Gasteiger partial charge in [-0.05, 0) is 6.07 Å². The molecular formula is C14H15Cl2N3O3. The Morgan fingerprint density at radius 2 is 2.09 bits per heavy atom. The molecule has 1 aromatic heterocycles. The number of hydrogen-bond donors (Lipinski definition) is 0. The van der Waals surface area contributed by atoms with Gasteiger partial charge < -0.3 is 14.4 Å². The fraction of sp³-hybridized carbons (Fsp3) is 0.429. The minimum absolute atomic E-state index is 0.342. The Hall–Kier alpha value is -1.50. The summed E-state index contributed by atoms with van der Waals surface area (Å²) in [6.07, 6.45) is 1.05. The summed E-state index contributed by atoms with van der Waals surface area (Å²) in [4.78, 5) is 19.7. The summed E-state index contributed by atoms with van der Waals surface area (Å²) in [6, 6.07) is 1.80. The third-order valence-electron chi connectivity index (χ3n) is 3.65. The standard InChI is InChI=1S/C14H15Cl2N3O3/c1-21-14(20)19-7-9-11(18-2-4-22-5-3-18)6-12(16)17-13(9)10(15)8-19/h6,8H,2-5,7H2,1H3. The van der Waals surface area contributed by atoms with Crippen molar-refractivity contribution >= 4 is 40.0 Å². The van der Waals surface area contributed by atoms with E-state index in [-0.39, 0.29) is 0 Å². The van der Waals surface area contributed by atoms with Gasteiger partial charge in [0.1, 0.15) is 5.15 Å². The van der Waals surface area contributed by atoms with Gasteiger partial charge in [0, 0.05) is 30.5 Å². The molecule has 0 aromatic carbocycles. The summed E-state index contributed by atoms with van der Waals surface area (Å²) in [5.41, 5.74) is 2.40. The van der Waals surface area contributed by atoms with E-state index in [9.17, 15) is 4.79 Å². The van der Waals surface area contributed by atoms with Crippen LogP contribution in [0.25, 0.3) is 5.03 Å². The second kappa shape index (κ2) is 6.32. The largest absolute Gasteiger partial charge is 0.452 e. The Bertz CT molecular complexity index is 630. The van der Waals surface area contributed by atoms with Crippen LogP contribution in [-0.4, -0.2) is 49.4 Å². The van der Waals surface area contributed by atoms with Crippen molar-refractivity contribution in [2.75, 3.05) is 38.3 Å². The van der Waals surface area contributed by atoms with Crippen molar-refractivity contribution in [2.45, 2.75) is 6.54 Å². The van der Waals surface area contributed by atoms with E-state index in [2.05, 4.69) is 9.88 Å². The van der Waals surface area contributed by atoms with E-state index in [0.29, 0.717) is 35.6 Å². The smallest absolute Gasteiger partial charge is 0.413 e. The van der Waals surface area contributed by atoms with Crippen LogP contribution in [0.4, 0.5) is 10.5 Å². The molecule has 22 heavy (non-hydrogen) atoms. The highest BCUT2D eigenvalue weighted by Gasteiger charge is 2.27. The molecule has 0 radical (unpaired) electrons. The van der Waals surface area contributed by atoms with Crippen molar-refractivity contribution in [3.05, 3.63) is 28.7 Å². The molecule has 2 aliphatic rings. The first-order valence-corrected chi connectivity index (χ1v) is 7.60. The topological polar surface area (TPSA) is 54.9 Å². The van der Waals surface area contributed by atoms with Gasteiger partial charge in [-0.15, -0.1) is 0 Å². The van der Waals surface area contributed by atoms with Crippen molar-refractivity contribution in [2.24, 2.45) is 0 Å². The van der Waals surface area contributed by atoms with E-state index < -0.39 is 6.09 Å². The lowest BCUT2D eigenvalue weighted by molar-refractivity contribution is 0.122. The summed E-state index contributed by atoms with van der Waals surface area (Å²) in [7, 11) is 1.34. The van der Waals surface area contributed by atoms with Gasteiger partial charge in [-0.2, -0.15) is 0 Å². The molecule has 0 saturated carbocycles. The lowest BCUT2D eigenvalue weighted by Crippen LogP contribution is -2.38. The predicted octanol–water partition coefficient (Wildman–Crippen LogP) is 2.69. The normalized spacial score (nSPS) is 17.9. The fourth-order valence-corrected chi connectivity index (χ4v) is 3.08. The first-order chi connectivity index (χ1) is 10.6. The number of fused-ring (bicyclic) bond motifs is 1. The molecule has 0 atom stereocenters. The van der Waals surface area contributed by atoms with Gasteiger partial charge in [0.15, 0.2) is 0 Å². The highest BCUT2D eigenvalue weighted by molar-refractivity contribution is 6.49. The van der Waals surface area contributed by atoms with Gasteiger partial charge >= 0.3 is 6.09 Å². The zero-order valence-corrected chi connectivity index (χ0v) is 13.5. The van der Waals surface area contributed by atoms with Crippen LogP contribution in [0.15, 0.2) is 12.3 Å². The molecule has 118 valence electrons. The number of aromatic nitrogens is 1. The zero-order valence-electron chi connectivity index (χ0n) is 12.0. The van der Waals surface area contributed by atoms with E-state index in [0.717, 1.165) is 24.3 Å². The van der Waals surface area contributed by atoms with Gasteiger partial charge in [-0.1, -0.05) is 23.2 Å². The van der Waals surface area contributed by atoms with E-state index in [4.69, 9.17) is 32.7 Å². The summed E-state index contributed by atoms with van der Waals surface area (Å²) >= 11 is 12.4. The van der Waals surface area contributed by atoms with Gasteiger partial charge in [-0.3, -0.25) is 4.90 Å². The average molecular weight is 344 g/mol. The number of pyridine rings is 1. The van der Waals surface area contributed by atoms with Crippen LogP contribution in [0.2, 0.25) is 5.15 Å². The third-order valence-corrected chi connectivity index (χ3v) is 4.12. The van der Waals surface area contributed by atoms with Crippen molar-refractivity contribution in [3.63, 3.8) is 0 Å². The number of amides is 1. The van der Waals surface area contributed by atoms with E-state index in [1.807, 2.05) is 0 Å². The van der Waals surface area contributed by atoms with Crippen molar-refractivity contribution < 1.29 is 14.3 Å². The lowest BCUT2D eigenvalue weighted by Gasteiger charge is -2.33. The molecule has 2 aliphatic heterocycles. The van der Waals surface area contributed by atoms with Gasteiger partial charge in [0.2, 0.25) is 0 Å². The minimum atomic E-state index is -0.466. The number of methoxy groups -OCH3 is 1. The van der Waals surface area contributed by atoms with Gasteiger partial charge in [0.25, 0.3) is 0 Å². The SMILES string of the molecule is COC(=O)N1C=C(Cl)c2nc(Cl)cc(N3CCOCC3)c2C1. The molecule has 0 bridgehead atoms. The molecule has 0 unspecified atom stereocenters. The highest BCUT2D eigenvalue weighted by atomic mass is 35.5. The monoisotopic (exact) mass is 343 g/mol. The minimum Gasteiger partial charge on any atom is -0.452 e. The second-order valence-corrected chi connectivity index (χ2v) is 5.76. The molecule has 1 saturated heterocycles. The number of anilines is 1. The Labute approximate surface area is 138 Å². The first kappa shape index (κ1) is 15.4. The van der Waals surface area contributed by atoms with E-state index in [1.54, 1.807) is 6.07 Å². The molecule has 3 rings (SSSR count). The summed E-state index contributed by atoms with van der Waals surface area (Å²) in [5, 5.41) is 0.738. The molecule has 1 aromatic rings. The molecule has 0 aliphatic carbocycles. The molecule has 6 nitrogen and oxygen atoms in total. The number of halogens is 2. The Kier molecular flexibility index (Phi) is 4.42. The molecule has 3 heterocycles. The van der Waals surface area contributed by atoms with Crippen LogP contribution >= 0.6 is 23.2 Å². The van der Waals surface area contributed by atoms with Crippen LogP contribution < -0.4 is 4.90 Å². The van der Waals surface area contributed by atoms with Gasteiger partial charge in [-0.25, -0.2) is 9.78 Å². The Balaban J connectivity index is 2.03.